The molecule has 1 rings (SSSR count). The van der Waals surface area contributed by atoms with Crippen LogP contribution in [0.5, 0.6) is 0 Å². The lowest BCUT2D eigenvalue weighted by molar-refractivity contribution is 0.282. The van der Waals surface area contributed by atoms with Crippen LogP contribution in [-0.2, 0) is 6.54 Å². The summed E-state index contributed by atoms with van der Waals surface area (Å²) in [4.78, 5) is 6.56. The molecular formula is C12H19ClN2. The van der Waals surface area contributed by atoms with E-state index in [9.17, 15) is 0 Å². The molecule has 0 spiro atoms. The average Bonchev–Trinajstić information content (AvgIpc) is 2.18. The van der Waals surface area contributed by atoms with Crippen molar-refractivity contribution in [1.29, 1.82) is 0 Å². The molecule has 0 N–H and O–H groups in total. The van der Waals surface area contributed by atoms with Gasteiger partial charge in [0.05, 0.1) is 0 Å². The van der Waals surface area contributed by atoms with Crippen LogP contribution in [-0.4, -0.2) is 28.9 Å². The molecule has 0 atom stereocenters. The number of aryl methyl sites for hydroxylation is 1. The lowest BCUT2D eigenvalue weighted by Gasteiger charge is -2.20. The average molecular weight is 227 g/mol. The third-order valence-electron chi connectivity index (χ3n) is 2.28. The minimum Gasteiger partial charge on any atom is -0.298 e. The summed E-state index contributed by atoms with van der Waals surface area (Å²) in [6.07, 6.45) is 4.98. The monoisotopic (exact) mass is 226 g/mol. The van der Waals surface area contributed by atoms with Crippen molar-refractivity contribution in [2.45, 2.75) is 26.8 Å². The first kappa shape index (κ1) is 12.5. The van der Waals surface area contributed by atoms with Gasteiger partial charge in [0.15, 0.2) is 0 Å². The predicted molar refractivity (Wildman–Crippen MR) is 65.3 cm³/mol. The molecule has 1 heterocycles. The van der Waals surface area contributed by atoms with Crippen molar-refractivity contribution in [3.8, 4) is 0 Å². The molecule has 0 saturated carbocycles. The second-order valence-electron chi connectivity index (χ2n) is 3.84. The van der Waals surface area contributed by atoms with Crippen molar-refractivity contribution >= 4 is 11.6 Å². The highest BCUT2D eigenvalue weighted by molar-refractivity contribution is 6.18. The molecule has 0 aromatic carbocycles. The van der Waals surface area contributed by atoms with Gasteiger partial charge in [-0.2, -0.15) is 0 Å². The molecule has 0 unspecified atom stereocenters. The Hall–Kier alpha value is -0.600. The summed E-state index contributed by atoms with van der Waals surface area (Å²) in [6.45, 7) is 7.26. The molecule has 0 bridgehead atoms. The Labute approximate surface area is 97.3 Å². The minimum atomic E-state index is 0.694. The molecule has 2 nitrogen and oxygen atoms in total. The maximum atomic E-state index is 5.77. The largest absolute Gasteiger partial charge is 0.298 e. The van der Waals surface area contributed by atoms with Crippen LogP contribution in [0.25, 0.3) is 0 Å². The number of alkyl halides is 1. The standard InChI is InChI=1S/C12H19ClN2/c1-3-5-15(6-4-13)10-12-7-11(2)8-14-9-12/h7-9H,3-6,10H2,1-2H3. The molecular weight excluding hydrogens is 208 g/mol. The van der Waals surface area contributed by atoms with Crippen LogP contribution in [0.2, 0.25) is 0 Å². The first-order valence-corrected chi connectivity index (χ1v) is 5.98. The Balaban J connectivity index is 2.56. The van der Waals surface area contributed by atoms with Gasteiger partial charge >= 0.3 is 0 Å². The second kappa shape index (κ2) is 6.81. The molecule has 0 aliphatic carbocycles. The molecule has 15 heavy (non-hydrogen) atoms. The fraction of sp³-hybridized carbons (Fsp3) is 0.583. The van der Waals surface area contributed by atoms with Crippen LogP contribution in [0.4, 0.5) is 0 Å². The molecule has 1 aromatic heterocycles. The highest BCUT2D eigenvalue weighted by atomic mass is 35.5. The molecule has 0 fully saturated rings. The van der Waals surface area contributed by atoms with Gasteiger partial charge in [0.2, 0.25) is 0 Å². The number of rotatable bonds is 6. The van der Waals surface area contributed by atoms with Gasteiger partial charge in [0.25, 0.3) is 0 Å². The first-order chi connectivity index (χ1) is 7.26. The lowest BCUT2D eigenvalue weighted by atomic mass is 10.2. The van der Waals surface area contributed by atoms with Crippen molar-refractivity contribution in [2.24, 2.45) is 0 Å². The van der Waals surface area contributed by atoms with Gasteiger partial charge in [-0.05, 0) is 31.0 Å². The van der Waals surface area contributed by atoms with Crippen molar-refractivity contribution in [1.82, 2.24) is 9.88 Å². The van der Waals surface area contributed by atoms with Gasteiger partial charge < -0.3 is 0 Å². The fourth-order valence-electron chi connectivity index (χ4n) is 1.67. The zero-order chi connectivity index (χ0) is 11.1. The summed E-state index contributed by atoms with van der Waals surface area (Å²) in [5, 5.41) is 0. The van der Waals surface area contributed by atoms with E-state index < -0.39 is 0 Å². The van der Waals surface area contributed by atoms with Crippen molar-refractivity contribution in [3.05, 3.63) is 29.6 Å². The van der Waals surface area contributed by atoms with E-state index in [1.807, 2.05) is 12.4 Å². The predicted octanol–water partition coefficient (Wildman–Crippen LogP) is 2.84. The van der Waals surface area contributed by atoms with Crippen LogP contribution in [0.1, 0.15) is 24.5 Å². The number of hydrogen-bond donors (Lipinski definition) is 0. The Morgan fingerprint density at radius 1 is 1.33 bits per heavy atom. The van der Waals surface area contributed by atoms with Gasteiger partial charge in [-0.3, -0.25) is 9.88 Å². The number of hydrogen-bond acceptors (Lipinski definition) is 2. The van der Waals surface area contributed by atoms with Crippen LogP contribution < -0.4 is 0 Å². The Morgan fingerprint density at radius 3 is 2.73 bits per heavy atom. The topological polar surface area (TPSA) is 16.1 Å². The van der Waals surface area contributed by atoms with Crippen molar-refractivity contribution < 1.29 is 0 Å². The molecule has 84 valence electrons. The third kappa shape index (κ3) is 4.63. The summed E-state index contributed by atoms with van der Waals surface area (Å²) in [5.74, 6) is 0.694. The maximum Gasteiger partial charge on any atom is 0.0351 e. The summed E-state index contributed by atoms with van der Waals surface area (Å²) in [5.41, 5.74) is 2.49. The van der Waals surface area contributed by atoms with Gasteiger partial charge in [-0.15, -0.1) is 11.6 Å². The summed E-state index contributed by atoms with van der Waals surface area (Å²) >= 11 is 5.77. The van der Waals surface area contributed by atoms with Gasteiger partial charge in [0, 0.05) is 31.4 Å². The van der Waals surface area contributed by atoms with Crippen LogP contribution in [0, 0.1) is 6.92 Å². The van der Waals surface area contributed by atoms with E-state index in [1.165, 1.54) is 11.1 Å². The highest BCUT2D eigenvalue weighted by Crippen LogP contribution is 2.06. The smallest absolute Gasteiger partial charge is 0.0351 e. The summed E-state index contributed by atoms with van der Waals surface area (Å²) < 4.78 is 0. The Morgan fingerprint density at radius 2 is 2.13 bits per heavy atom. The van der Waals surface area contributed by atoms with Crippen molar-refractivity contribution in [3.63, 3.8) is 0 Å². The third-order valence-corrected chi connectivity index (χ3v) is 2.45. The molecule has 3 heteroatoms. The van der Waals surface area contributed by atoms with E-state index in [4.69, 9.17) is 11.6 Å². The second-order valence-corrected chi connectivity index (χ2v) is 4.21. The zero-order valence-electron chi connectivity index (χ0n) is 9.54. The quantitative estimate of drug-likeness (QED) is 0.694. The van der Waals surface area contributed by atoms with Gasteiger partial charge in [-0.25, -0.2) is 0 Å². The normalized spacial score (nSPS) is 10.9. The SMILES string of the molecule is CCCN(CCCl)Cc1cncc(C)c1. The van der Waals surface area contributed by atoms with Crippen LogP contribution in [0.15, 0.2) is 18.5 Å². The van der Waals surface area contributed by atoms with E-state index in [1.54, 1.807) is 0 Å². The molecule has 1 aromatic rings. The molecule has 0 amide bonds. The molecule has 0 aliphatic heterocycles. The number of aromatic nitrogens is 1. The minimum absolute atomic E-state index is 0.694. The maximum absolute atomic E-state index is 5.77. The number of halogens is 1. The van der Waals surface area contributed by atoms with Gasteiger partial charge in [0.1, 0.15) is 0 Å². The Bertz CT molecular complexity index is 283. The van der Waals surface area contributed by atoms with E-state index >= 15 is 0 Å². The molecule has 0 saturated heterocycles. The Kier molecular flexibility index (Phi) is 5.66. The molecule has 0 radical (unpaired) electrons. The first-order valence-electron chi connectivity index (χ1n) is 5.45. The molecule has 0 aliphatic rings. The van der Waals surface area contributed by atoms with E-state index in [-0.39, 0.29) is 0 Å². The highest BCUT2D eigenvalue weighted by Gasteiger charge is 2.04. The van der Waals surface area contributed by atoms with E-state index in [0.717, 1.165) is 26.1 Å². The van der Waals surface area contributed by atoms with Crippen molar-refractivity contribution in [2.75, 3.05) is 19.0 Å². The zero-order valence-corrected chi connectivity index (χ0v) is 10.3. The van der Waals surface area contributed by atoms with Crippen LogP contribution >= 0.6 is 11.6 Å². The number of pyridine rings is 1. The number of nitrogens with zero attached hydrogens (tertiary/aromatic N) is 2. The van der Waals surface area contributed by atoms with E-state index in [0.29, 0.717) is 5.88 Å². The fourth-order valence-corrected chi connectivity index (χ4v) is 1.91. The summed E-state index contributed by atoms with van der Waals surface area (Å²) in [7, 11) is 0. The van der Waals surface area contributed by atoms with E-state index in [2.05, 4.69) is 29.8 Å². The van der Waals surface area contributed by atoms with Crippen LogP contribution in [0.3, 0.4) is 0 Å². The summed E-state index contributed by atoms with van der Waals surface area (Å²) in [6, 6.07) is 2.18. The lowest BCUT2D eigenvalue weighted by Crippen LogP contribution is -2.26. The van der Waals surface area contributed by atoms with Gasteiger partial charge in [-0.1, -0.05) is 13.0 Å².